The molecule has 1 aliphatic rings. The molecule has 0 aliphatic carbocycles. The minimum atomic E-state index is -1.29. The number of benzene rings is 1. The molecule has 6 heteroatoms. The second kappa shape index (κ2) is 7.15. The van der Waals surface area contributed by atoms with E-state index in [0.717, 1.165) is 31.5 Å². The molecule has 0 aromatic heterocycles. The van der Waals surface area contributed by atoms with Gasteiger partial charge in [0.05, 0.1) is 0 Å². The van der Waals surface area contributed by atoms with Crippen LogP contribution in [0.25, 0.3) is 0 Å². The van der Waals surface area contributed by atoms with Crippen LogP contribution < -0.4 is 5.73 Å². The van der Waals surface area contributed by atoms with E-state index in [1.165, 1.54) is 6.07 Å². The molecule has 1 atom stereocenters. The molecule has 1 saturated heterocycles. The number of carbonyl (C=O) groups is 1. The highest BCUT2D eigenvalue weighted by Gasteiger charge is 2.30. The molecule has 1 heterocycles. The Morgan fingerprint density at radius 1 is 1.32 bits per heavy atom. The smallest absolute Gasteiger partial charge is 0.244 e. The van der Waals surface area contributed by atoms with Gasteiger partial charge in [0.15, 0.2) is 0 Å². The lowest BCUT2D eigenvalue weighted by Crippen LogP contribution is -2.45. The van der Waals surface area contributed by atoms with Crippen molar-refractivity contribution in [2.24, 2.45) is 11.7 Å². The molecule has 2 rings (SSSR count). The van der Waals surface area contributed by atoms with Crippen molar-refractivity contribution >= 4 is 5.91 Å². The van der Waals surface area contributed by atoms with Crippen LogP contribution in [0.3, 0.4) is 0 Å². The molecule has 2 N–H and O–H groups in total. The Morgan fingerprint density at radius 3 is 2.36 bits per heavy atom. The third kappa shape index (κ3) is 3.81. The highest BCUT2D eigenvalue weighted by atomic mass is 19.1. The van der Waals surface area contributed by atoms with Gasteiger partial charge in [0.2, 0.25) is 5.91 Å². The number of likely N-dealkylation sites (tertiary alicyclic amines) is 1. The van der Waals surface area contributed by atoms with Gasteiger partial charge in [-0.1, -0.05) is 6.07 Å². The lowest BCUT2D eigenvalue weighted by atomic mass is 9.95. The number of rotatable bonds is 4. The van der Waals surface area contributed by atoms with E-state index < -0.39 is 23.6 Å². The number of nitrogens with two attached hydrogens (primary N) is 1. The SMILES string of the molecule is CN(C)CC1CCN(C(=O)C(N)c2c(F)cccc2F)CC1. The number of carbonyl (C=O) groups excluding carboxylic acids is 1. The van der Waals surface area contributed by atoms with E-state index in [0.29, 0.717) is 19.0 Å². The normalized spacial score (nSPS) is 17.8. The van der Waals surface area contributed by atoms with Crippen LogP contribution in [0.4, 0.5) is 8.78 Å². The van der Waals surface area contributed by atoms with Crippen molar-refractivity contribution in [3.8, 4) is 0 Å². The largest absolute Gasteiger partial charge is 0.341 e. The van der Waals surface area contributed by atoms with Gasteiger partial charge in [-0.15, -0.1) is 0 Å². The van der Waals surface area contributed by atoms with Gasteiger partial charge in [-0.25, -0.2) is 8.78 Å². The van der Waals surface area contributed by atoms with E-state index in [9.17, 15) is 13.6 Å². The Morgan fingerprint density at radius 2 is 1.86 bits per heavy atom. The lowest BCUT2D eigenvalue weighted by Gasteiger charge is -2.34. The summed E-state index contributed by atoms with van der Waals surface area (Å²) in [5.74, 6) is -1.42. The quantitative estimate of drug-likeness (QED) is 0.922. The van der Waals surface area contributed by atoms with Gasteiger partial charge in [-0.2, -0.15) is 0 Å². The number of nitrogens with zero attached hydrogens (tertiary/aromatic N) is 2. The molecule has 4 nitrogen and oxygen atoms in total. The minimum Gasteiger partial charge on any atom is -0.341 e. The number of hydrogen-bond acceptors (Lipinski definition) is 3. The van der Waals surface area contributed by atoms with Gasteiger partial charge in [0.25, 0.3) is 0 Å². The molecular formula is C16H23F2N3O. The van der Waals surface area contributed by atoms with Gasteiger partial charge in [0, 0.05) is 25.2 Å². The molecule has 1 fully saturated rings. The van der Waals surface area contributed by atoms with Gasteiger partial charge < -0.3 is 15.5 Å². The Balaban J connectivity index is 2.01. The van der Waals surface area contributed by atoms with E-state index in [-0.39, 0.29) is 5.56 Å². The van der Waals surface area contributed by atoms with E-state index in [2.05, 4.69) is 4.90 Å². The number of amides is 1. The fourth-order valence-electron chi connectivity index (χ4n) is 2.98. The molecule has 122 valence electrons. The van der Waals surface area contributed by atoms with Gasteiger partial charge in [-0.05, 0) is 45.0 Å². The topological polar surface area (TPSA) is 49.6 Å². The van der Waals surface area contributed by atoms with Gasteiger partial charge in [0.1, 0.15) is 17.7 Å². The lowest BCUT2D eigenvalue weighted by molar-refractivity contribution is -0.134. The number of halogens is 2. The Kier molecular flexibility index (Phi) is 5.47. The molecular weight excluding hydrogens is 288 g/mol. The molecule has 1 aromatic rings. The maximum absolute atomic E-state index is 13.7. The summed E-state index contributed by atoms with van der Waals surface area (Å²) < 4.78 is 27.5. The third-order valence-corrected chi connectivity index (χ3v) is 4.13. The van der Waals surface area contributed by atoms with Crippen LogP contribution in [0, 0.1) is 17.6 Å². The molecule has 0 spiro atoms. The summed E-state index contributed by atoms with van der Waals surface area (Å²) in [7, 11) is 4.04. The summed E-state index contributed by atoms with van der Waals surface area (Å²) in [5.41, 5.74) is 5.46. The Hall–Kier alpha value is -1.53. The maximum atomic E-state index is 13.7. The van der Waals surface area contributed by atoms with Gasteiger partial charge >= 0.3 is 0 Å². The summed E-state index contributed by atoms with van der Waals surface area (Å²) >= 11 is 0. The van der Waals surface area contributed by atoms with Crippen LogP contribution in [-0.4, -0.2) is 49.4 Å². The van der Waals surface area contributed by atoms with E-state index in [4.69, 9.17) is 5.73 Å². The molecule has 0 bridgehead atoms. The van der Waals surface area contributed by atoms with Crippen LogP contribution in [0.5, 0.6) is 0 Å². The van der Waals surface area contributed by atoms with E-state index >= 15 is 0 Å². The monoisotopic (exact) mass is 311 g/mol. The summed E-state index contributed by atoms with van der Waals surface area (Å²) in [4.78, 5) is 16.1. The first kappa shape index (κ1) is 16.8. The predicted octanol–water partition coefficient (Wildman–Crippen LogP) is 1.76. The standard InChI is InChI=1S/C16H23F2N3O/c1-20(2)10-11-6-8-21(9-7-11)16(22)15(19)14-12(17)4-3-5-13(14)18/h3-5,11,15H,6-10,19H2,1-2H3. The van der Waals surface area contributed by atoms with Crippen molar-refractivity contribution in [1.29, 1.82) is 0 Å². The summed E-state index contributed by atoms with van der Waals surface area (Å²) in [6, 6.07) is 2.22. The van der Waals surface area contributed by atoms with E-state index in [1.807, 2.05) is 14.1 Å². The van der Waals surface area contributed by atoms with Crippen LogP contribution >= 0.6 is 0 Å². The first-order valence-corrected chi connectivity index (χ1v) is 7.53. The third-order valence-electron chi connectivity index (χ3n) is 4.13. The average Bonchev–Trinajstić information content (AvgIpc) is 2.46. The second-order valence-electron chi connectivity index (χ2n) is 6.14. The maximum Gasteiger partial charge on any atom is 0.244 e. The average molecular weight is 311 g/mol. The van der Waals surface area contributed by atoms with Gasteiger partial charge in [-0.3, -0.25) is 4.79 Å². The molecule has 1 unspecified atom stereocenters. The fraction of sp³-hybridized carbons (Fsp3) is 0.562. The first-order valence-electron chi connectivity index (χ1n) is 7.53. The zero-order valence-corrected chi connectivity index (χ0v) is 13.1. The van der Waals surface area contributed by atoms with Crippen molar-refractivity contribution in [3.63, 3.8) is 0 Å². The van der Waals surface area contributed by atoms with Crippen molar-refractivity contribution in [3.05, 3.63) is 35.4 Å². The fourth-order valence-corrected chi connectivity index (χ4v) is 2.98. The van der Waals surface area contributed by atoms with Crippen molar-refractivity contribution in [2.45, 2.75) is 18.9 Å². The van der Waals surface area contributed by atoms with Crippen molar-refractivity contribution in [2.75, 3.05) is 33.7 Å². The summed E-state index contributed by atoms with van der Waals surface area (Å²) in [6.07, 6.45) is 1.77. The Bertz CT molecular complexity index is 508. The zero-order chi connectivity index (χ0) is 16.3. The number of piperidine rings is 1. The van der Waals surface area contributed by atoms with Crippen molar-refractivity contribution in [1.82, 2.24) is 9.80 Å². The van der Waals surface area contributed by atoms with Crippen molar-refractivity contribution < 1.29 is 13.6 Å². The molecule has 0 saturated carbocycles. The highest BCUT2D eigenvalue weighted by Crippen LogP contribution is 2.24. The van der Waals surface area contributed by atoms with Crippen LogP contribution in [0.15, 0.2) is 18.2 Å². The molecule has 1 aromatic carbocycles. The summed E-state index contributed by atoms with van der Waals surface area (Å²) in [5, 5.41) is 0. The van der Waals surface area contributed by atoms with Crippen LogP contribution in [0.2, 0.25) is 0 Å². The summed E-state index contributed by atoms with van der Waals surface area (Å²) in [6.45, 7) is 2.15. The predicted molar refractivity (Wildman–Crippen MR) is 81.1 cm³/mol. The highest BCUT2D eigenvalue weighted by molar-refractivity contribution is 5.83. The number of hydrogen-bond donors (Lipinski definition) is 1. The zero-order valence-electron chi connectivity index (χ0n) is 13.1. The van der Waals surface area contributed by atoms with Crippen LogP contribution in [0.1, 0.15) is 24.4 Å². The van der Waals surface area contributed by atoms with E-state index in [1.54, 1.807) is 4.90 Å². The first-order chi connectivity index (χ1) is 10.4. The van der Waals surface area contributed by atoms with Crippen LogP contribution in [-0.2, 0) is 4.79 Å². The minimum absolute atomic E-state index is 0.345. The second-order valence-corrected chi connectivity index (χ2v) is 6.14. The molecule has 1 aliphatic heterocycles. The molecule has 1 amide bonds. The Labute approximate surface area is 129 Å². The molecule has 0 radical (unpaired) electrons. The molecule has 22 heavy (non-hydrogen) atoms.